The van der Waals surface area contributed by atoms with E-state index in [2.05, 4.69) is 9.97 Å². The van der Waals surface area contributed by atoms with Crippen molar-refractivity contribution in [1.29, 1.82) is 0 Å². The average Bonchev–Trinajstić information content (AvgIpc) is 3.33. The van der Waals surface area contributed by atoms with Crippen LogP contribution in [0.25, 0.3) is 22.3 Å². The Kier molecular flexibility index (Phi) is 8.44. The van der Waals surface area contributed by atoms with Crippen LogP contribution in [0.3, 0.4) is 0 Å². The lowest BCUT2D eigenvalue weighted by molar-refractivity contribution is 0.0697. The van der Waals surface area contributed by atoms with Crippen LogP contribution in [0.1, 0.15) is 32.9 Å². The fraction of sp³-hybridized carbons (Fsp3) is 0.219. The number of pyridine rings is 1. The van der Waals surface area contributed by atoms with E-state index in [1.807, 2.05) is 4.57 Å². The molecule has 3 aromatic carbocycles. The van der Waals surface area contributed by atoms with Crippen LogP contribution in [0.15, 0.2) is 66.7 Å². The molecule has 0 radical (unpaired) electrons. The Labute approximate surface area is 241 Å². The quantitative estimate of drug-likeness (QED) is 0.201. The lowest BCUT2D eigenvalue weighted by Gasteiger charge is -2.13. The third-order valence-corrected chi connectivity index (χ3v) is 6.97. The number of methoxy groups -OCH3 is 2. The molecule has 42 heavy (non-hydrogen) atoms. The minimum absolute atomic E-state index is 0.0438. The van der Waals surface area contributed by atoms with Crippen molar-refractivity contribution in [2.45, 2.75) is 26.5 Å². The number of fused-ring (bicyclic) bond motifs is 1. The number of hydrogen-bond donors (Lipinski definition) is 1. The fourth-order valence-electron chi connectivity index (χ4n) is 4.73. The zero-order valence-corrected chi connectivity index (χ0v) is 23.4. The summed E-state index contributed by atoms with van der Waals surface area (Å²) in [4.78, 5) is 20.7. The predicted molar refractivity (Wildman–Crippen MR) is 153 cm³/mol. The number of nitrogens with zero attached hydrogens (tertiary/aromatic N) is 3. The molecule has 0 spiro atoms. The van der Waals surface area contributed by atoms with Crippen LogP contribution in [0, 0.1) is 18.6 Å². The van der Waals surface area contributed by atoms with Gasteiger partial charge in [0.1, 0.15) is 18.2 Å². The zero-order valence-electron chi connectivity index (χ0n) is 23.4. The average molecular weight is 574 g/mol. The van der Waals surface area contributed by atoms with Crippen LogP contribution in [0.5, 0.6) is 11.6 Å². The number of hydrogen-bond acceptors (Lipinski definition) is 6. The number of aromatic nitrogens is 3. The van der Waals surface area contributed by atoms with Gasteiger partial charge in [-0.1, -0.05) is 30.3 Å². The summed E-state index contributed by atoms with van der Waals surface area (Å²) < 4.78 is 47.9. The molecule has 0 atom stereocenters. The molecule has 5 aromatic rings. The van der Waals surface area contributed by atoms with Gasteiger partial charge in [0.15, 0.2) is 11.6 Å². The van der Waals surface area contributed by atoms with E-state index in [-0.39, 0.29) is 24.3 Å². The molecule has 216 valence electrons. The number of rotatable bonds is 11. The molecular weight excluding hydrogens is 544 g/mol. The van der Waals surface area contributed by atoms with E-state index in [0.29, 0.717) is 63.8 Å². The molecular formula is C32H29F2N3O5. The topological polar surface area (TPSA) is 95.7 Å². The molecule has 0 unspecified atom stereocenters. The van der Waals surface area contributed by atoms with Gasteiger partial charge in [0.05, 0.1) is 36.0 Å². The Balaban J connectivity index is 1.37. The molecule has 1 N–H and O–H groups in total. The van der Waals surface area contributed by atoms with E-state index in [0.717, 1.165) is 0 Å². The maximum atomic E-state index is 15.4. The molecule has 5 rings (SSSR count). The summed E-state index contributed by atoms with van der Waals surface area (Å²) >= 11 is 0. The Morgan fingerprint density at radius 2 is 1.79 bits per heavy atom. The first-order valence-corrected chi connectivity index (χ1v) is 13.2. The van der Waals surface area contributed by atoms with E-state index in [9.17, 15) is 14.3 Å². The summed E-state index contributed by atoms with van der Waals surface area (Å²) in [7, 11) is 2.98. The second-order valence-electron chi connectivity index (χ2n) is 9.70. The summed E-state index contributed by atoms with van der Waals surface area (Å²) in [5, 5.41) is 9.41. The first-order chi connectivity index (χ1) is 20.3. The van der Waals surface area contributed by atoms with Gasteiger partial charge >= 0.3 is 5.97 Å². The van der Waals surface area contributed by atoms with Gasteiger partial charge < -0.3 is 23.9 Å². The fourth-order valence-corrected chi connectivity index (χ4v) is 4.73. The number of aryl methyl sites for hydroxylation is 1. The molecule has 0 saturated carbocycles. The molecule has 0 fully saturated rings. The second-order valence-corrected chi connectivity index (χ2v) is 9.70. The van der Waals surface area contributed by atoms with Crippen molar-refractivity contribution in [1.82, 2.24) is 14.5 Å². The zero-order chi connectivity index (χ0) is 29.8. The highest BCUT2D eigenvalue weighted by Crippen LogP contribution is 2.28. The van der Waals surface area contributed by atoms with Crippen LogP contribution in [0.2, 0.25) is 0 Å². The molecule has 0 aliphatic carbocycles. The number of halogens is 2. The molecule has 0 amide bonds. The first kappa shape index (κ1) is 28.7. The summed E-state index contributed by atoms with van der Waals surface area (Å²) in [6.45, 7) is 2.52. The van der Waals surface area contributed by atoms with Crippen LogP contribution >= 0.6 is 0 Å². The van der Waals surface area contributed by atoms with Crippen molar-refractivity contribution >= 4 is 17.0 Å². The SMILES string of the molecule is COCCn1c(Cc2ccc(-c3cccc(OCc4ccc(C)c(F)c4OC)n3)cc2F)nc2ccc(C(=O)O)cc21. The summed E-state index contributed by atoms with van der Waals surface area (Å²) in [6, 6.07) is 18.1. The van der Waals surface area contributed by atoms with Gasteiger partial charge in [-0.3, -0.25) is 0 Å². The third kappa shape index (κ3) is 5.94. The Morgan fingerprint density at radius 1 is 0.976 bits per heavy atom. The molecule has 2 heterocycles. The van der Waals surface area contributed by atoms with E-state index >= 15 is 4.39 Å². The Morgan fingerprint density at radius 3 is 2.52 bits per heavy atom. The molecule has 0 aliphatic rings. The van der Waals surface area contributed by atoms with Gasteiger partial charge in [-0.15, -0.1) is 0 Å². The number of imidazole rings is 1. The molecule has 0 saturated heterocycles. The number of aromatic carboxylic acids is 1. The van der Waals surface area contributed by atoms with Crippen LogP contribution in [-0.4, -0.2) is 46.4 Å². The van der Waals surface area contributed by atoms with Crippen LogP contribution < -0.4 is 9.47 Å². The number of carboxylic acids is 1. The highest BCUT2D eigenvalue weighted by molar-refractivity contribution is 5.92. The molecule has 10 heteroatoms. The summed E-state index contributed by atoms with van der Waals surface area (Å²) in [6.07, 6.45) is 0.193. The van der Waals surface area contributed by atoms with Crippen molar-refractivity contribution in [2.75, 3.05) is 20.8 Å². The van der Waals surface area contributed by atoms with E-state index < -0.39 is 17.6 Å². The van der Waals surface area contributed by atoms with Gasteiger partial charge in [-0.05, 0) is 48.4 Å². The van der Waals surface area contributed by atoms with Gasteiger partial charge in [-0.25, -0.2) is 23.5 Å². The number of ether oxygens (including phenoxy) is 3. The van der Waals surface area contributed by atoms with Gasteiger partial charge in [-0.2, -0.15) is 0 Å². The highest BCUT2D eigenvalue weighted by atomic mass is 19.1. The predicted octanol–water partition coefficient (Wildman–Crippen LogP) is 6.21. The van der Waals surface area contributed by atoms with E-state index in [1.165, 1.54) is 19.2 Å². The third-order valence-electron chi connectivity index (χ3n) is 6.97. The monoisotopic (exact) mass is 573 g/mol. The largest absolute Gasteiger partial charge is 0.493 e. The van der Waals surface area contributed by atoms with Gasteiger partial charge in [0.2, 0.25) is 5.88 Å². The standard InChI is InChI=1S/C32H29F2N3O5/c1-19-7-8-23(31(41-3)30(19)34)18-42-29-6-4-5-25(36-29)21-10-9-20(24(33)15-21)17-28-35-26-12-11-22(32(38)39)16-27(26)37(28)13-14-40-2/h4-12,15-16H,13-14,17-18H2,1-3H3,(H,38,39). The molecule has 0 bridgehead atoms. The maximum Gasteiger partial charge on any atom is 0.335 e. The minimum Gasteiger partial charge on any atom is -0.493 e. The minimum atomic E-state index is -1.04. The van der Waals surface area contributed by atoms with Crippen molar-refractivity contribution in [3.63, 3.8) is 0 Å². The van der Waals surface area contributed by atoms with Crippen LogP contribution in [0.4, 0.5) is 8.78 Å². The van der Waals surface area contributed by atoms with E-state index in [4.69, 9.17) is 14.2 Å². The molecule has 2 aromatic heterocycles. The highest BCUT2D eigenvalue weighted by Gasteiger charge is 2.17. The Bertz CT molecular complexity index is 1770. The summed E-state index contributed by atoms with van der Waals surface area (Å²) in [5.74, 6) is -0.888. The molecule has 0 aliphatic heterocycles. The Hall–Kier alpha value is -4.83. The summed E-state index contributed by atoms with van der Waals surface area (Å²) in [5.41, 5.74) is 3.91. The lowest BCUT2D eigenvalue weighted by atomic mass is 10.1. The second kappa shape index (κ2) is 12.4. The number of carbonyl (C=O) groups is 1. The van der Waals surface area contributed by atoms with Crippen molar-refractivity contribution in [2.24, 2.45) is 0 Å². The van der Waals surface area contributed by atoms with Crippen molar-refractivity contribution in [3.05, 3.63) is 106 Å². The van der Waals surface area contributed by atoms with Crippen LogP contribution in [-0.2, 0) is 24.3 Å². The van der Waals surface area contributed by atoms with Gasteiger partial charge in [0, 0.05) is 37.3 Å². The number of carboxylic acid groups (broad SMARTS) is 1. The maximum absolute atomic E-state index is 15.4. The normalized spacial score (nSPS) is 11.2. The van der Waals surface area contributed by atoms with E-state index in [1.54, 1.807) is 68.6 Å². The molecule has 8 nitrogen and oxygen atoms in total. The smallest absolute Gasteiger partial charge is 0.335 e. The lowest BCUT2D eigenvalue weighted by Crippen LogP contribution is -2.10. The van der Waals surface area contributed by atoms with Gasteiger partial charge in [0.25, 0.3) is 0 Å². The van der Waals surface area contributed by atoms with Crippen molar-refractivity contribution < 1.29 is 32.9 Å². The first-order valence-electron chi connectivity index (χ1n) is 13.2. The number of benzene rings is 3. The van der Waals surface area contributed by atoms with Crippen molar-refractivity contribution in [3.8, 4) is 22.9 Å².